The zero-order valence-corrected chi connectivity index (χ0v) is 12.7. The lowest BCUT2D eigenvalue weighted by atomic mass is 10.1. The second-order valence-electron chi connectivity index (χ2n) is 5.89. The van der Waals surface area contributed by atoms with E-state index >= 15 is 0 Å². The summed E-state index contributed by atoms with van der Waals surface area (Å²) in [6.45, 7) is 1.49. The molecule has 22 heavy (non-hydrogen) atoms. The van der Waals surface area contributed by atoms with Crippen LogP contribution in [0.4, 0.5) is 5.69 Å². The molecular weight excluding hydrogens is 280 g/mol. The highest BCUT2D eigenvalue weighted by Crippen LogP contribution is 2.27. The first-order valence-corrected chi connectivity index (χ1v) is 8.00. The average molecular weight is 302 g/mol. The van der Waals surface area contributed by atoms with Crippen LogP contribution in [0.15, 0.2) is 24.3 Å². The summed E-state index contributed by atoms with van der Waals surface area (Å²) >= 11 is 0. The molecule has 5 nitrogen and oxygen atoms in total. The number of anilines is 1. The van der Waals surface area contributed by atoms with Gasteiger partial charge in [-0.1, -0.05) is 18.2 Å². The van der Waals surface area contributed by atoms with E-state index in [2.05, 4.69) is 5.32 Å². The second-order valence-corrected chi connectivity index (χ2v) is 5.89. The van der Waals surface area contributed by atoms with Crippen LogP contribution < -0.4 is 10.2 Å². The fourth-order valence-corrected chi connectivity index (χ4v) is 3.11. The third kappa shape index (κ3) is 3.47. The van der Waals surface area contributed by atoms with E-state index in [-0.39, 0.29) is 24.5 Å². The van der Waals surface area contributed by atoms with Crippen molar-refractivity contribution in [2.24, 2.45) is 0 Å². The molecular formula is C17H22N2O3. The summed E-state index contributed by atoms with van der Waals surface area (Å²) in [5.74, 6) is -0.157. The van der Waals surface area contributed by atoms with Gasteiger partial charge in [-0.25, -0.2) is 0 Å². The number of ether oxygens (including phenoxy) is 1. The molecule has 1 aromatic carbocycles. The first-order chi connectivity index (χ1) is 10.7. The van der Waals surface area contributed by atoms with E-state index in [0.29, 0.717) is 13.0 Å². The van der Waals surface area contributed by atoms with Gasteiger partial charge in [-0.3, -0.25) is 9.59 Å². The number of carbonyl (C=O) groups excluding carboxylic acids is 2. The zero-order chi connectivity index (χ0) is 15.4. The fourth-order valence-electron chi connectivity index (χ4n) is 3.11. The van der Waals surface area contributed by atoms with Crippen molar-refractivity contribution in [2.75, 3.05) is 24.6 Å². The first-order valence-electron chi connectivity index (χ1n) is 8.00. The van der Waals surface area contributed by atoms with Crippen LogP contribution in [0, 0.1) is 0 Å². The average Bonchev–Trinajstić information content (AvgIpc) is 2.98. The number of benzene rings is 1. The minimum absolute atomic E-state index is 0.0105. The number of rotatable bonds is 4. The van der Waals surface area contributed by atoms with Gasteiger partial charge in [0.2, 0.25) is 11.8 Å². The monoisotopic (exact) mass is 302 g/mol. The molecule has 0 aliphatic carbocycles. The maximum absolute atomic E-state index is 12.3. The molecule has 2 heterocycles. The minimum atomic E-state index is -0.104. The third-order valence-electron chi connectivity index (χ3n) is 4.31. The van der Waals surface area contributed by atoms with Gasteiger partial charge in [0.15, 0.2) is 0 Å². The molecule has 3 rings (SSSR count). The Hall–Kier alpha value is -1.88. The molecule has 0 bridgehead atoms. The quantitative estimate of drug-likeness (QED) is 0.920. The summed E-state index contributed by atoms with van der Waals surface area (Å²) in [5, 5.41) is 2.73. The molecule has 2 aliphatic heterocycles. The highest BCUT2D eigenvalue weighted by Gasteiger charge is 2.24. The summed E-state index contributed by atoms with van der Waals surface area (Å²) in [6.07, 6.45) is 4.36. The Morgan fingerprint density at radius 1 is 1.27 bits per heavy atom. The van der Waals surface area contributed by atoms with Gasteiger partial charge in [-0.15, -0.1) is 0 Å². The fraction of sp³-hybridized carbons (Fsp3) is 0.529. The third-order valence-corrected chi connectivity index (χ3v) is 4.31. The summed E-state index contributed by atoms with van der Waals surface area (Å²) in [7, 11) is 0. The summed E-state index contributed by atoms with van der Waals surface area (Å²) < 4.78 is 5.55. The number of para-hydroxylation sites is 1. The van der Waals surface area contributed by atoms with E-state index in [1.165, 1.54) is 5.56 Å². The predicted molar refractivity (Wildman–Crippen MR) is 83.7 cm³/mol. The number of hydrogen-bond acceptors (Lipinski definition) is 3. The van der Waals surface area contributed by atoms with Crippen LogP contribution in [-0.2, 0) is 20.7 Å². The molecule has 0 radical (unpaired) electrons. The van der Waals surface area contributed by atoms with E-state index in [1.54, 1.807) is 4.90 Å². The lowest BCUT2D eigenvalue weighted by Gasteiger charge is -2.22. The minimum Gasteiger partial charge on any atom is -0.378 e. The number of nitrogens with zero attached hydrogens (tertiary/aromatic N) is 1. The molecule has 118 valence electrons. The van der Waals surface area contributed by atoms with Crippen molar-refractivity contribution < 1.29 is 14.3 Å². The summed E-state index contributed by atoms with van der Waals surface area (Å²) in [5.41, 5.74) is 2.16. The summed E-state index contributed by atoms with van der Waals surface area (Å²) in [4.78, 5) is 26.0. The first kappa shape index (κ1) is 15.0. The summed E-state index contributed by atoms with van der Waals surface area (Å²) in [6, 6.07) is 7.92. The number of carbonyl (C=O) groups is 2. The Kier molecular flexibility index (Phi) is 4.73. The molecule has 1 saturated heterocycles. The Bertz CT molecular complexity index is 553. The molecule has 2 aliphatic rings. The van der Waals surface area contributed by atoms with Gasteiger partial charge in [-0.05, 0) is 37.3 Å². The Labute approximate surface area is 130 Å². The molecule has 1 fully saturated rings. The largest absolute Gasteiger partial charge is 0.378 e. The van der Waals surface area contributed by atoms with Crippen LogP contribution in [0.3, 0.4) is 0 Å². The Morgan fingerprint density at radius 3 is 2.95 bits per heavy atom. The van der Waals surface area contributed by atoms with E-state index in [0.717, 1.165) is 38.0 Å². The Balaban J connectivity index is 1.47. The van der Waals surface area contributed by atoms with E-state index < -0.39 is 0 Å². The van der Waals surface area contributed by atoms with E-state index in [1.807, 2.05) is 24.3 Å². The van der Waals surface area contributed by atoms with Gasteiger partial charge in [0.1, 0.15) is 0 Å². The van der Waals surface area contributed by atoms with E-state index in [9.17, 15) is 9.59 Å². The maximum atomic E-state index is 12.3. The van der Waals surface area contributed by atoms with Crippen molar-refractivity contribution >= 4 is 17.5 Å². The maximum Gasteiger partial charge on any atom is 0.246 e. The van der Waals surface area contributed by atoms with Crippen molar-refractivity contribution in [1.29, 1.82) is 0 Å². The molecule has 0 spiro atoms. The Morgan fingerprint density at radius 2 is 2.14 bits per heavy atom. The van der Waals surface area contributed by atoms with Crippen molar-refractivity contribution in [3.05, 3.63) is 29.8 Å². The SMILES string of the molecule is O=C(CC1CCCCO1)NCC(=O)N1CCc2ccccc21. The van der Waals surface area contributed by atoms with Gasteiger partial charge >= 0.3 is 0 Å². The van der Waals surface area contributed by atoms with Crippen LogP contribution in [0.25, 0.3) is 0 Å². The molecule has 0 saturated carbocycles. The second kappa shape index (κ2) is 6.92. The smallest absolute Gasteiger partial charge is 0.246 e. The van der Waals surface area contributed by atoms with E-state index in [4.69, 9.17) is 4.74 Å². The van der Waals surface area contributed by atoms with Crippen LogP contribution in [0.1, 0.15) is 31.2 Å². The van der Waals surface area contributed by atoms with Crippen LogP contribution in [0.2, 0.25) is 0 Å². The number of amides is 2. The molecule has 1 atom stereocenters. The molecule has 5 heteroatoms. The highest BCUT2D eigenvalue weighted by atomic mass is 16.5. The molecule has 1 aromatic rings. The van der Waals surface area contributed by atoms with Crippen LogP contribution >= 0.6 is 0 Å². The topological polar surface area (TPSA) is 58.6 Å². The van der Waals surface area contributed by atoms with Crippen molar-refractivity contribution in [3.63, 3.8) is 0 Å². The molecule has 0 aromatic heterocycles. The van der Waals surface area contributed by atoms with Gasteiger partial charge in [0.25, 0.3) is 0 Å². The van der Waals surface area contributed by atoms with Gasteiger partial charge in [-0.2, -0.15) is 0 Å². The van der Waals surface area contributed by atoms with Crippen molar-refractivity contribution in [3.8, 4) is 0 Å². The normalized spacial score (nSPS) is 20.5. The lowest BCUT2D eigenvalue weighted by molar-refractivity contribution is -0.127. The zero-order valence-electron chi connectivity index (χ0n) is 12.7. The van der Waals surface area contributed by atoms with Gasteiger partial charge in [0.05, 0.1) is 19.1 Å². The molecule has 1 unspecified atom stereocenters. The predicted octanol–water partition coefficient (Wildman–Crippen LogP) is 1.65. The molecule has 2 amide bonds. The lowest BCUT2D eigenvalue weighted by Crippen LogP contribution is -2.40. The van der Waals surface area contributed by atoms with Crippen molar-refractivity contribution in [1.82, 2.24) is 5.32 Å². The molecule has 1 N–H and O–H groups in total. The van der Waals surface area contributed by atoms with Crippen LogP contribution in [-0.4, -0.2) is 37.6 Å². The highest BCUT2D eigenvalue weighted by molar-refractivity contribution is 5.98. The van der Waals surface area contributed by atoms with Gasteiger partial charge in [0, 0.05) is 18.8 Å². The number of nitrogens with one attached hydrogen (secondary N) is 1. The van der Waals surface area contributed by atoms with Crippen LogP contribution in [0.5, 0.6) is 0 Å². The number of fused-ring (bicyclic) bond motifs is 1. The van der Waals surface area contributed by atoms with Crippen molar-refractivity contribution in [2.45, 2.75) is 38.2 Å². The standard InChI is InChI=1S/C17H22N2O3/c20-16(11-14-6-3-4-10-22-14)18-12-17(21)19-9-8-13-5-1-2-7-15(13)19/h1-2,5,7,14H,3-4,6,8-12H2,(H,18,20). The number of hydrogen-bond donors (Lipinski definition) is 1. The van der Waals surface area contributed by atoms with Gasteiger partial charge < -0.3 is 15.0 Å².